The zero-order valence-corrected chi connectivity index (χ0v) is 21.5. The summed E-state index contributed by atoms with van der Waals surface area (Å²) in [7, 11) is -1.44. The van der Waals surface area contributed by atoms with Gasteiger partial charge in [0.15, 0.2) is 11.5 Å². The second-order valence-electron chi connectivity index (χ2n) is 7.78. The van der Waals surface area contributed by atoms with E-state index in [1.807, 2.05) is 0 Å². The summed E-state index contributed by atoms with van der Waals surface area (Å²) in [6.07, 6.45) is -4.37. The smallest absolute Gasteiger partial charge is 0.416 e. The lowest BCUT2D eigenvalue weighted by molar-refractivity contribution is -0.137. The van der Waals surface area contributed by atoms with Crippen molar-refractivity contribution in [1.29, 1.82) is 0 Å². The Bertz CT molecular complexity index is 1350. The van der Waals surface area contributed by atoms with Crippen LogP contribution in [-0.4, -0.2) is 41.6 Å². The molecule has 37 heavy (non-hydrogen) atoms. The summed E-state index contributed by atoms with van der Waals surface area (Å²) in [4.78, 5) is 12.6. The summed E-state index contributed by atoms with van der Waals surface area (Å²) >= 11 is 6.13. The molecule has 198 valence electrons. The van der Waals surface area contributed by atoms with Crippen molar-refractivity contribution in [2.75, 3.05) is 31.6 Å². The molecule has 0 spiro atoms. The summed E-state index contributed by atoms with van der Waals surface area (Å²) < 4.78 is 77.9. The molecule has 0 aliphatic carbocycles. The van der Waals surface area contributed by atoms with Gasteiger partial charge in [-0.1, -0.05) is 35.9 Å². The van der Waals surface area contributed by atoms with Crippen LogP contribution < -0.4 is 19.1 Å². The number of methoxy groups -OCH3 is 2. The number of alkyl halides is 3. The van der Waals surface area contributed by atoms with Crippen molar-refractivity contribution in [2.24, 2.45) is 0 Å². The molecule has 0 heterocycles. The molecule has 1 N–H and O–H groups in total. The molecule has 0 aliphatic heterocycles. The van der Waals surface area contributed by atoms with Gasteiger partial charge < -0.3 is 14.8 Å². The summed E-state index contributed by atoms with van der Waals surface area (Å²) in [5, 5.41) is 2.34. The Morgan fingerprint density at radius 3 is 2.27 bits per heavy atom. The Hall–Kier alpha value is -3.44. The van der Waals surface area contributed by atoms with Crippen LogP contribution in [0.15, 0.2) is 71.6 Å². The minimum atomic E-state index is -4.75. The lowest BCUT2D eigenvalue weighted by Crippen LogP contribution is -2.41. The molecule has 1 amide bonds. The third-order valence-corrected chi connectivity index (χ3v) is 7.44. The second-order valence-corrected chi connectivity index (χ2v) is 10.0. The topological polar surface area (TPSA) is 84.9 Å². The third-order valence-electron chi connectivity index (χ3n) is 5.34. The number of nitrogens with one attached hydrogen (secondary N) is 1. The molecule has 0 aromatic heterocycles. The number of halogens is 4. The number of amides is 1. The van der Waals surface area contributed by atoms with Crippen LogP contribution in [0.4, 0.5) is 18.9 Å². The van der Waals surface area contributed by atoms with E-state index in [1.54, 1.807) is 24.3 Å². The van der Waals surface area contributed by atoms with E-state index >= 15 is 0 Å². The van der Waals surface area contributed by atoms with Crippen LogP contribution in [0.3, 0.4) is 0 Å². The standard InChI is InChI=1S/C25H24ClF3N2O5S/c1-35-22-11-8-17(14-23(22)36-2)12-13-30-24(32)16-31(37(33,34)19-6-4-3-5-7-19)21-15-18(25(27,28)29)9-10-20(21)26/h3-11,14-15H,12-13,16H2,1-2H3,(H,30,32). The first-order valence-corrected chi connectivity index (χ1v) is 12.7. The fourth-order valence-electron chi connectivity index (χ4n) is 3.47. The van der Waals surface area contributed by atoms with Gasteiger partial charge in [-0.2, -0.15) is 13.2 Å². The Kier molecular flexibility index (Phi) is 8.93. The summed E-state index contributed by atoms with van der Waals surface area (Å²) in [5.74, 6) is 0.314. The highest BCUT2D eigenvalue weighted by Gasteiger charge is 2.34. The summed E-state index contributed by atoms with van der Waals surface area (Å²) in [6, 6.07) is 14.6. The Morgan fingerprint density at radius 2 is 1.65 bits per heavy atom. The number of anilines is 1. The van der Waals surface area contributed by atoms with Gasteiger partial charge in [-0.05, 0) is 54.4 Å². The molecule has 7 nitrogen and oxygen atoms in total. The maximum Gasteiger partial charge on any atom is 0.416 e. The van der Waals surface area contributed by atoms with Gasteiger partial charge in [0.25, 0.3) is 10.0 Å². The number of hydrogen-bond donors (Lipinski definition) is 1. The van der Waals surface area contributed by atoms with Crippen LogP contribution in [0.2, 0.25) is 5.02 Å². The van der Waals surface area contributed by atoms with Crippen LogP contribution in [0.25, 0.3) is 0 Å². The number of nitrogens with zero attached hydrogens (tertiary/aromatic N) is 1. The molecule has 0 atom stereocenters. The number of rotatable bonds is 10. The largest absolute Gasteiger partial charge is 0.493 e. The summed E-state index contributed by atoms with van der Waals surface area (Å²) in [6.45, 7) is -0.659. The van der Waals surface area contributed by atoms with E-state index in [0.29, 0.717) is 28.3 Å². The number of sulfonamides is 1. The number of carbonyl (C=O) groups is 1. The lowest BCUT2D eigenvalue weighted by Gasteiger charge is -2.26. The van der Waals surface area contributed by atoms with E-state index in [4.69, 9.17) is 21.1 Å². The molecule has 3 rings (SSSR count). The molecule has 0 fully saturated rings. The molecule has 0 saturated carbocycles. The van der Waals surface area contributed by atoms with Gasteiger partial charge in [0.2, 0.25) is 5.91 Å². The van der Waals surface area contributed by atoms with E-state index in [2.05, 4.69) is 5.32 Å². The monoisotopic (exact) mass is 556 g/mol. The maximum atomic E-state index is 13.4. The van der Waals surface area contributed by atoms with Crippen molar-refractivity contribution in [3.8, 4) is 11.5 Å². The molecule has 0 bridgehead atoms. The van der Waals surface area contributed by atoms with Crippen molar-refractivity contribution in [2.45, 2.75) is 17.5 Å². The fraction of sp³-hybridized carbons (Fsp3) is 0.240. The first-order chi connectivity index (χ1) is 17.5. The van der Waals surface area contributed by atoms with E-state index in [1.165, 1.54) is 38.5 Å². The highest BCUT2D eigenvalue weighted by Crippen LogP contribution is 2.37. The third kappa shape index (κ3) is 6.86. The van der Waals surface area contributed by atoms with Crippen LogP contribution in [-0.2, 0) is 27.4 Å². The SMILES string of the molecule is COc1ccc(CCNC(=O)CN(c2cc(C(F)(F)F)ccc2Cl)S(=O)(=O)c2ccccc2)cc1OC. The zero-order chi connectivity index (χ0) is 27.2. The molecule has 3 aromatic carbocycles. The quantitative estimate of drug-likeness (QED) is 0.383. The predicted molar refractivity (Wildman–Crippen MR) is 134 cm³/mol. The van der Waals surface area contributed by atoms with E-state index in [0.717, 1.165) is 17.7 Å². The van der Waals surface area contributed by atoms with Crippen LogP contribution >= 0.6 is 11.6 Å². The maximum absolute atomic E-state index is 13.4. The minimum Gasteiger partial charge on any atom is -0.493 e. The average Bonchev–Trinajstić information content (AvgIpc) is 2.87. The number of carbonyl (C=O) groups excluding carboxylic acids is 1. The first-order valence-electron chi connectivity index (χ1n) is 10.9. The normalized spacial score (nSPS) is 11.6. The van der Waals surface area contributed by atoms with E-state index in [9.17, 15) is 26.4 Å². The predicted octanol–water partition coefficient (Wildman–Crippen LogP) is 4.93. The molecule has 0 radical (unpaired) electrons. The second kappa shape index (κ2) is 11.7. The van der Waals surface area contributed by atoms with Gasteiger partial charge in [-0.3, -0.25) is 9.10 Å². The van der Waals surface area contributed by atoms with E-state index in [-0.39, 0.29) is 16.5 Å². The number of benzene rings is 3. The van der Waals surface area contributed by atoms with Gasteiger partial charge in [0, 0.05) is 6.54 Å². The number of ether oxygens (including phenoxy) is 2. The Labute approximate surface area is 217 Å². The van der Waals surface area contributed by atoms with E-state index < -0.39 is 39.9 Å². The van der Waals surface area contributed by atoms with Crippen LogP contribution in [0.1, 0.15) is 11.1 Å². The molecule has 3 aromatic rings. The molecule has 0 unspecified atom stereocenters. The Balaban J connectivity index is 1.85. The highest BCUT2D eigenvalue weighted by atomic mass is 35.5. The van der Waals surface area contributed by atoms with Crippen LogP contribution in [0.5, 0.6) is 11.5 Å². The van der Waals surface area contributed by atoms with Crippen molar-refractivity contribution in [1.82, 2.24) is 5.32 Å². The van der Waals surface area contributed by atoms with Gasteiger partial charge in [0.1, 0.15) is 6.54 Å². The lowest BCUT2D eigenvalue weighted by atomic mass is 10.1. The minimum absolute atomic E-state index is 0.129. The van der Waals surface area contributed by atoms with Crippen LogP contribution in [0, 0.1) is 0 Å². The average molecular weight is 557 g/mol. The zero-order valence-electron chi connectivity index (χ0n) is 19.9. The fourth-order valence-corrected chi connectivity index (χ4v) is 5.19. The first kappa shape index (κ1) is 28.1. The highest BCUT2D eigenvalue weighted by molar-refractivity contribution is 7.92. The van der Waals surface area contributed by atoms with Gasteiger partial charge >= 0.3 is 6.18 Å². The van der Waals surface area contributed by atoms with Gasteiger partial charge in [-0.25, -0.2) is 8.42 Å². The van der Waals surface area contributed by atoms with Crippen molar-refractivity contribution >= 4 is 33.2 Å². The van der Waals surface area contributed by atoms with Crippen molar-refractivity contribution < 1.29 is 35.9 Å². The molecular formula is C25H24ClF3N2O5S. The molecule has 0 aliphatic rings. The Morgan fingerprint density at radius 1 is 0.973 bits per heavy atom. The van der Waals surface area contributed by atoms with Gasteiger partial charge in [0.05, 0.1) is 35.4 Å². The molecule has 0 saturated heterocycles. The van der Waals surface area contributed by atoms with Gasteiger partial charge in [-0.15, -0.1) is 0 Å². The number of hydrogen-bond acceptors (Lipinski definition) is 5. The van der Waals surface area contributed by atoms with Crippen molar-refractivity contribution in [3.05, 3.63) is 82.9 Å². The van der Waals surface area contributed by atoms with Crippen molar-refractivity contribution in [3.63, 3.8) is 0 Å². The molecular weight excluding hydrogens is 533 g/mol. The molecule has 12 heteroatoms. The summed E-state index contributed by atoms with van der Waals surface area (Å²) in [5.41, 5.74) is -0.753.